The van der Waals surface area contributed by atoms with Crippen molar-refractivity contribution in [3.63, 3.8) is 0 Å². The Morgan fingerprint density at radius 1 is 1.35 bits per heavy atom. The van der Waals surface area contributed by atoms with Crippen LogP contribution in [0.5, 0.6) is 5.75 Å². The number of benzene rings is 1. The van der Waals surface area contributed by atoms with Crippen molar-refractivity contribution in [3.05, 3.63) is 52.1 Å². The van der Waals surface area contributed by atoms with E-state index in [1.165, 1.54) is 0 Å². The normalized spacial score (nSPS) is 10.5. The van der Waals surface area contributed by atoms with Gasteiger partial charge in [-0.2, -0.15) is 0 Å². The summed E-state index contributed by atoms with van der Waals surface area (Å²) < 4.78 is 10.3. The Morgan fingerprint density at radius 3 is 2.78 bits per heavy atom. The summed E-state index contributed by atoms with van der Waals surface area (Å²) in [5, 5.41) is 9.48. The summed E-state index contributed by atoms with van der Waals surface area (Å²) in [5.41, 5.74) is 1.90. The highest BCUT2D eigenvalue weighted by Gasteiger charge is 2.14. The number of methoxy groups -OCH3 is 1. The molecule has 0 radical (unpaired) electrons. The summed E-state index contributed by atoms with van der Waals surface area (Å²) in [6.07, 6.45) is 0. The molecule has 3 aromatic rings. The number of aromatic nitrogens is 2. The first-order valence-electron chi connectivity index (χ1n) is 6.96. The van der Waals surface area contributed by atoms with Crippen molar-refractivity contribution in [1.29, 1.82) is 0 Å². The predicted octanol–water partition coefficient (Wildman–Crippen LogP) is 3.05. The maximum Gasteiger partial charge on any atom is 0.273 e. The minimum atomic E-state index is -0.292. The molecule has 23 heavy (non-hydrogen) atoms. The number of ether oxygens (including phenoxy) is 1. The number of rotatable bonds is 5. The van der Waals surface area contributed by atoms with Gasteiger partial charge in [0.1, 0.15) is 5.75 Å². The number of thiazole rings is 1. The van der Waals surface area contributed by atoms with Gasteiger partial charge < -0.3 is 14.6 Å². The number of nitrogens with one attached hydrogen (secondary N) is 1. The molecule has 118 valence electrons. The topological polar surface area (TPSA) is 77.2 Å². The van der Waals surface area contributed by atoms with Crippen LogP contribution >= 0.6 is 11.3 Å². The molecule has 0 unspecified atom stereocenters. The molecule has 0 spiro atoms. The summed E-state index contributed by atoms with van der Waals surface area (Å²) >= 11 is 1.55. The zero-order chi connectivity index (χ0) is 16.2. The van der Waals surface area contributed by atoms with Crippen molar-refractivity contribution < 1.29 is 14.1 Å². The van der Waals surface area contributed by atoms with Gasteiger partial charge in [0.15, 0.2) is 11.5 Å². The number of hydrogen-bond donors (Lipinski definition) is 1. The van der Waals surface area contributed by atoms with Gasteiger partial charge in [-0.05, 0) is 31.2 Å². The highest BCUT2D eigenvalue weighted by molar-refractivity contribution is 7.09. The van der Waals surface area contributed by atoms with E-state index in [1.807, 2.05) is 36.6 Å². The molecule has 0 aliphatic heterocycles. The highest BCUT2D eigenvalue weighted by atomic mass is 32.1. The van der Waals surface area contributed by atoms with E-state index in [-0.39, 0.29) is 11.6 Å². The van der Waals surface area contributed by atoms with E-state index in [9.17, 15) is 4.79 Å². The Balaban J connectivity index is 1.66. The second-order valence-electron chi connectivity index (χ2n) is 4.85. The molecule has 0 saturated heterocycles. The van der Waals surface area contributed by atoms with Gasteiger partial charge in [-0.25, -0.2) is 4.98 Å². The molecule has 2 aromatic heterocycles. The standard InChI is InChI=1S/C16H15N3O3S/c1-10-18-12(9-23-10)8-17-16(20)14-7-15(22-19-14)11-3-5-13(21-2)6-4-11/h3-7,9H,8H2,1-2H3,(H,17,20). The Kier molecular flexibility index (Phi) is 4.38. The van der Waals surface area contributed by atoms with E-state index in [0.717, 1.165) is 22.0 Å². The minimum absolute atomic E-state index is 0.239. The second kappa shape index (κ2) is 6.62. The Morgan fingerprint density at radius 2 is 2.13 bits per heavy atom. The number of amides is 1. The van der Waals surface area contributed by atoms with Crippen molar-refractivity contribution in [2.24, 2.45) is 0 Å². The fourth-order valence-electron chi connectivity index (χ4n) is 2.02. The lowest BCUT2D eigenvalue weighted by atomic mass is 10.1. The lowest BCUT2D eigenvalue weighted by Crippen LogP contribution is -2.23. The van der Waals surface area contributed by atoms with Crippen LogP contribution in [-0.2, 0) is 6.54 Å². The molecule has 6 nitrogen and oxygen atoms in total. The van der Waals surface area contributed by atoms with Crippen LogP contribution in [0.3, 0.4) is 0 Å². The molecule has 2 heterocycles. The van der Waals surface area contributed by atoms with E-state index in [0.29, 0.717) is 12.3 Å². The smallest absolute Gasteiger partial charge is 0.273 e. The molecule has 1 N–H and O–H groups in total. The number of nitrogens with zero attached hydrogens (tertiary/aromatic N) is 2. The SMILES string of the molecule is COc1ccc(-c2cc(C(=O)NCc3csc(C)n3)no2)cc1. The van der Waals surface area contributed by atoms with Gasteiger partial charge in [-0.15, -0.1) is 11.3 Å². The third-order valence-electron chi connectivity index (χ3n) is 3.21. The summed E-state index contributed by atoms with van der Waals surface area (Å²) in [6, 6.07) is 8.95. The molecule has 7 heteroatoms. The van der Waals surface area contributed by atoms with Gasteiger partial charge in [0.2, 0.25) is 0 Å². The van der Waals surface area contributed by atoms with Gasteiger partial charge in [-0.3, -0.25) is 4.79 Å². The molecule has 0 aliphatic carbocycles. The zero-order valence-electron chi connectivity index (χ0n) is 12.7. The predicted molar refractivity (Wildman–Crippen MR) is 86.5 cm³/mol. The van der Waals surface area contributed by atoms with Crippen LogP contribution < -0.4 is 10.1 Å². The monoisotopic (exact) mass is 329 g/mol. The lowest BCUT2D eigenvalue weighted by molar-refractivity contribution is 0.0941. The highest BCUT2D eigenvalue weighted by Crippen LogP contribution is 2.23. The molecule has 3 rings (SSSR count). The third kappa shape index (κ3) is 3.57. The molecule has 1 aromatic carbocycles. The van der Waals surface area contributed by atoms with E-state index < -0.39 is 0 Å². The van der Waals surface area contributed by atoms with Gasteiger partial charge in [-0.1, -0.05) is 5.16 Å². The van der Waals surface area contributed by atoms with Crippen LogP contribution in [0.15, 0.2) is 40.2 Å². The van der Waals surface area contributed by atoms with Crippen molar-refractivity contribution in [3.8, 4) is 17.1 Å². The largest absolute Gasteiger partial charge is 0.497 e. The van der Waals surface area contributed by atoms with E-state index in [1.54, 1.807) is 24.5 Å². The van der Waals surface area contributed by atoms with Crippen LogP contribution in [-0.4, -0.2) is 23.2 Å². The van der Waals surface area contributed by atoms with Crippen molar-refractivity contribution >= 4 is 17.2 Å². The maximum atomic E-state index is 12.1. The number of carbonyl (C=O) groups excluding carboxylic acids is 1. The van der Waals surface area contributed by atoms with Crippen molar-refractivity contribution in [2.75, 3.05) is 7.11 Å². The van der Waals surface area contributed by atoms with Crippen molar-refractivity contribution in [2.45, 2.75) is 13.5 Å². The number of hydrogen-bond acceptors (Lipinski definition) is 6. The minimum Gasteiger partial charge on any atom is -0.497 e. The summed E-state index contributed by atoms with van der Waals surface area (Å²) in [5.74, 6) is 0.992. The molecular formula is C16H15N3O3S. The molecule has 0 fully saturated rings. The first kappa shape index (κ1) is 15.2. The Hall–Kier alpha value is -2.67. The van der Waals surface area contributed by atoms with Crippen LogP contribution in [0.25, 0.3) is 11.3 Å². The molecule has 0 atom stereocenters. The van der Waals surface area contributed by atoms with Gasteiger partial charge >= 0.3 is 0 Å². The fourth-order valence-corrected chi connectivity index (χ4v) is 2.64. The summed E-state index contributed by atoms with van der Waals surface area (Å²) in [6.45, 7) is 2.29. The van der Waals surface area contributed by atoms with Gasteiger partial charge in [0.05, 0.1) is 24.4 Å². The fraction of sp³-hybridized carbons (Fsp3) is 0.188. The quantitative estimate of drug-likeness (QED) is 0.778. The average Bonchev–Trinajstić information content (AvgIpc) is 3.22. The summed E-state index contributed by atoms with van der Waals surface area (Å²) in [4.78, 5) is 16.4. The molecule has 0 bridgehead atoms. The molecular weight excluding hydrogens is 314 g/mol. The zero-order valence-corrected chi connectivity index (χ0v) is 13.5. The van der Waals surface area contributed by atoms with Gasteiger partial charge in [0.25, 0.3) is 5.91 Å². The van der Waals surface area contributed by atoms with Crippen LogP contribution in [0.2, 0.25) is 0 Å². The Labute approximate surface area is 137 Å². The summed E-state index contributed by atoms with van der Waals surface area (Å²) in [7, 11) is 1.61. The average molecular weight is 329 g/mol. The van der Waals surface area contributed by atoms with E-state index in [2.05, 4.69) is 15.5 Å². The third-order valence-corrected chi connectivity index (χ3v) is 4.04. The van der Waals surface area contributed by atoms with Crippen molar-refractivity contribution in [1.82, 2.24) is 15.5 Å². The first-order chi connectivity index (χ1) is 11.2. The molecule has 1 amide bonds. The molecule has 0 aliphatic rings. The van der Waals surface area contributed by atoms with Crippen LogP contribution in [0.4, 0.5) is 0 Å². The second-order valence-corrected chi connectivity index (χ2v) is 5.91. The van der Waals surface area contributed by atoms with Crippen LogP contribution in [0, 0.1) is 6.92 Å². The Bertz CT molecular complexity index is 808. The maximum absolute atomic E-state index is 12.1. The van der Waals surface area contributed by atoms with E-state index in [4.69, 9.17) is 9.26 Å². The molecule has 0 saturated carbocycles. The van der Waals surface area contributed by atoms with E-state index >= 15 is 0 Å². The lowest BCUT2D eigenvalue weighted by Gasteiger charge is -1.99. The number of carbonyl (C=O) groups is 1. The first-order valence-corrected chi connectivity index (χ1v) is 7.84. The number of aryl methyl sites for hydroxylation is 1. The van der Waals surface area contributed by atoms with Gasteiger partial charge in [0, 0.05) is 17.0 Å². The van der Waals surface area contributed by atoms with Crippen LogP contribution in [0.1, 0.15) is 21.2 Å².